The Hall–Kier alpha value is -5.66. The van der Waals surface area contributed by atoms with Crippen LogP contribution in [-0.4, -0.2) is 29.1 Å². The highest BCUT2D eigenvalue weighted by Gasteiger charge is 2.09. The SMILES string of the molecule is C/C(=N\N=C(c1ccccc1)c1ccccc1)NC(=Nc1ccc(Cl)cc1)N/C(C)=N/N=C(c1ccccc1)c1ccccc1. The molecule has 0 amide bonds. The Morgan fingerprint density at radius 3 is 1.11 bits per heavy atom. The molecule has 5 rings (SSSR count). The van der Waals surface area contributed by atoms with E-state index in [-0.39, 0.29) is 0 Å². The average Bonchev–Trinajstić information content (AvgIpc) is 3.08. The van der Waals surface area contributed by atoms with Crippen molar-refractivity contribution in [3.63, 3.8) is 0 Å². The first-order valence-corrected chi connectivity index (χ1v) is 14.8. The number of hydrogen-bond acceptors (Lipinski definition) is 5. The van der Waals surface area contributed by atoms with E-state index in [1.807, 2.05) is 147 Å². The van der Waals surface area contributed by atoms with Gasteiger partial charge in [-0.2, -0.15) is 0 Å². The molecule has 222 valence electrons. The summed E-state index contributed by atoms with van der Waals surface area (Å²) in [6.07, 6.45) is 0. The van der Waals surface area contributed by atoms with Crippen molar-refractivity contribution in [3.05, 3.63) is 173 Å². The van der Waals surface area contributed by atoms with Gasteiger partial charge >= 0.3 is 0 Å². The van der Waals surface area contributed by atoms with Crippen LogP contribution in [0.2, 0.25) is 5.02 Å². The molecule has 8 heteroatoms. The van der Waals surface area contributed by atoms with Crippen LogP contribution in [-0.2, 0) is 0 Å². The number of nitrogens with one attached hydrogen (secondary N) is 2. The summed E-state index contributed by atoms with van der Waals surface area (Å²) in [6.45, 7) is 3.65. The van der Waals surface area contributed by atoms with Crippen molar-refractivity contribution in [2.75, 3.05) is 0 Å². The summed E-state index contributed by atoms with van der Waals surface area (Å²) in [4.78, 5) is 4.74. The number of amidine groups is 2. The summed E-state index contributed by atoms with van der Waals surface area (Å²) in [5, 5.41) is 25.4. The fourth-order valence-electron chi connectivity index (χ4n) is 4.32. The molecule has 45 heavy (non-hydrogen) atoms. The maximum absolute atomic E-state index is 6.11. The van der Waals surface area contributed by atoms with Gasteiger partial charge in [-0.05, 0) is 38.1 Å². The number of nitrogens with zero attached hydrogens (tertiary/aromatic N) is 5. The zero-order chi connectivity index (χ0) is 31.3. The Balaban J connectivity index is 1.45. The van der Waals surface area contributed by atoms with Gasteiger partial charge < -0.3 is 10.6 Å². The zero-order valence-corrected chi connectivity index (χ0v) is 25.7. The van der Waals surface area contributed by atoms with Gasteiger partial charge in [-0.25, -0.2) is 4.99 Å². The lowest BCUT2D eigenvalue weighted by Crippen LogP contribution is -2.42. The van der Waals surface area contributed by atoms with Crippen molar-refractivity contribution in [3.8, 4) is 0 Å². The minimum Gasteiger partial charge on any atom is -0.313 e. The van der Waals surface area contributed by atoms with E-state index >= 15 is 0 Å². The fraction of sp³-hybridized carbons (Fsp3) is 0.0541. The van der Waals surface area contributed by atoms with Gasteiger partial charge in [0.15, 0.2) is 0 Å². The molecule has 5 aromatic rings. The molecule has 0 radical (unpaired) electrons. The smallest absolute Gasteiger partial charge is 0.207 e. The molecule has 0 heterocycles. The highest BCUT2D eigenvalue weighted by molar-refractivity contribution is 6.30. The van der Waals surface area contributed by atoms with Gasteiger partial charge in [0.2, 0.25) is 5.96 Å². The summed E-state index contributed by atoms with van der Waals surface area (Å²) >= 11 is 6.11. The van der Waals surface area contributed by atoms with Gasteiger partial charge in [0.25, 0.3) is 0 Å². The third-order valence-corrected chi connectivity index (χ3v) is 6.71. The molecule has 7 nitrogen and oxygen atoms in total. The zero-order valence-electron chi connectivity index (χ0n) is 25.0. The van der Waals surface area contributed by atoms with Crippen molar-refractivity contribution in [2.24, 2.45) is 25.4 Å². The summed E-state index contributed by atoms with van der Waals surface area (Å²) in [7, 11) is 0. The lowest BCUT2D eigenvalue weighted by molar-refractivity contribution is 1.10. The molecule has 0 aliphatic carbocycles. The first-order chi connectivity index (χ1) is 22.0. The largest absolute Gasteiger partial charge is 0.313 e. The van der Waals surface area contributed by atoms with Crippen molar-refractivity contribution < 1.29 is 0 Å². The molecule has 0 aliphatic rings. The van der Waals surface area contributed by atoms with Gasteiger partial charge in [-0.15, -0.1) is 20.4 Å². The van der Waals surface area contributed by atoms with Gasteiger partial charge in [0.05, 0.1) is 5.69 Å². The summed E-state index contributed by atoms with van der Waals surface area (Å²) in [6, 6.07) is 47.1. The maximum atomic E-state index is 6.11. The molecule has 0 bridgehead atoms. The normalized spacial score (nSPS) is 11.3. The molecule has 0 aromatic heterocycles. The van der Waals surface area contributed by atoms with Crippen LogP contribution in [0.15, 0.2) is 171 Å². The van der Waals surface area contributed by atoms with Crippen LogP contribution in [0, 0.1) is 0 Å². The van der Waals surface area contributed by atoms with Gasteiger partial charge in [0.1, 0.15) is 23.1 Å². The number of rotatable bonds is 7. The second-order valence-electron chi connectivity index (χ2n) is 9.92. The number of guanidine groups is 1. The lowest BCUT2D eigenvalue weighted by atomic mass is 10.0. The van der Waals surface area contributed by atoms with E-state index in [0.29, 0.717) is 28.3 Å². The minimum absolute atomic E-state index is 0.396. The van der Waals surface area contributed by atoms with E-state index in [9.17, 15) is 0 Å². The molecule has 2 N–H and O–H groups in total. The summed E-state index contributed by atoms with van der Waals surface area (Å²) < 4.78 is 0. The number of halogens is 1. The molecule has 0 spiro atoms. The van der Waals surface area contributed by atoms with Crippen LogP contribution in [0.3, 0.4) is 0 Å². The highest BCUT2D eigenvalue weighted by Crippen LogP contribution is 2.16. The van der Waals surface area contributed by atoms with Crippen LogP contribution in [0.5, 0.6) is 0 Å². The Morgan fingerprint density at radius 2 is 0.778 bits per heavy atom. The van der Waals surface area contributed by atoms with Crippen LogP contribution >= 0.6 is 11.6 Å². The highest BCUT2D eigenvalue weighted by atomic mass is 35.5. The van der Waals surface area contributed by atoms with Crippen molar-refractivity contribution in [1.82, 2.24) is 10.6 Å². The van der Waals surface area contributed by atoms with Crippen molar-refractivity contribution in [2.45, 2.75) is 13.8 Å². The third-order valence-electron chi connectivity index (χ3n) is 6.46. The second-order valence-corrected chi connectivity index (χ2v) is 10.4. The van der Waals surface area contributed by atoms with Crippen LogP contribution < -0.4 is 10.6 Å². The minimum atomic E-state index is 0.396. The number of aliphatic imine (C=N–C) groups is 1. The van der Waals surface area contributed by atoms with Crippen LogP contribution in [0.25, 0.3) is 0 Å². The second kappa shape index (κ2) is 15.7. The predicted octanol–water partition coefficient (Wildman–Crippen LogP) is 8.25. The fourth-order valence-corrected chi connectivity index (χ4v) is 4.45. The maximum Gasteiger partial charge on any atom is 0.207 e. The number of hydrogen-bond donors (Lipinski definition) is 2. The molecule has 0 unspecified atom stereocenters. The van der Waals surface area contributed by atoms with Gasteiger partial charge in [-0.3, -0.25) is 0 Å². The molecule has 0 saturated carbocycles. The first kappa shape index (κ1) is 30.8. The molecule has 0 fully saturated rings. The monoisotopic (exact) mass is 609 g/mol. The third kappa shape index (κ3) is 9.16. The van der Waals surface area contributed by atoms with E-state index in [0.717, 1.165) is 33.7 Å². The summed E-state index contributed by atoms with van der Waals surface area (Å²) in [5.41, 5.74) is 6.03. The Morgan fingerprint density at radius 1 is 0.444 bits per heavy atom. The molecule has 5 aromatic carbocycles. The standard InChI is InChI=1S/C37H32ClN7/c1-27(42-44-35(29-15-7-3-8-16-29)30-17-9-4-10-18-30)39-37(41-34-25-23-33(38)24-26-34)40-28(2)43-45-36(31-19-11-5-12-20-31)32-21-13-6-14-22-32/h3-26H,1-2H3,(H2,39,40,41,42,43). The van der Waals surface area contributed by atoms with Gasteiger partial charge in [0, 0.05) is 27.3 Å². The quantitative estimate of drug-likeness (QED) is 0.111. The summed E-state index contributed by atoms with van der Waals surface area (Å²) in [5.74, 6) is 1.43. The number of benzene rings is 5. The Kier molecular flexibility index (Phi) is 10.7. The predicted molar refractivity (Wildman–Crippen MR) is 188 cm³/mol. The van der Waals surface area contributed by atoms with E-state index < -0.39 is 0 Å². The molecule has 0 saturated heterocycles. The topological polar surface area (TPSA) is 85.9 Å². The Bertz CT molecular complexity index is 1640. The molecular weight excluding hydrogens is 578 g/mol. The van der Waals surface area contributed by atoms with Crippen LogP contribution in [0.1, 0.15) is 36.1 Å². The molecular formula is C37H32ClN7. The molecule has 0 aliphatic heterocycles. The first-order valence-electron chi connectivity index (χ1n) is 14.4. The van der Waals surface area contributed by atoms with Crippen molar-refractivity contribution in [1.29, 1.82) is 0 Å². The van der Waals surface area contributed by atoms with Crippen LogP contribution in [0.4, 0.5) is 5.69 Å². The molecule has 0 atom stereocenters. The van der Waals surface area contributed by atoms with E-state index in [4.69, 9.17) is 16.6 Å². The average molecular weight is 610 g/mol. The van der Waals surface area contributed by atoms with Gasteiger partial charge in [-0.1, -0.05) is 133 Å². The lowest BCUT2D eigenvalue weighted by Gasteiger charge is -2.12. The van der Waals surface area contributed by atoms with E-state index in [2.05, 4.69) is 31.0 Å². The van der Waals surface area contributed by atoms with E-state index in [1.54, 1.807) is 12.1 Å². The van der Waals surface area contributed by atoms with Crippen molar-refractivity contribution >= 4 is 46.3 Å². The Labute approximate surface area is 268 Å². The van der Waals surface area contributed by atoms with E-state index in [1.165, 1.54) is 0 Å².